The zero-order valence-corrected chi connectivity index (χ0v) is 13.7. The van der Waals surface area contributed by atoms with Crippen LogP contribution in [0.5, 0.6) is 0 Å². The van der Waals surface area contributed by atoms with Gasteiger partial charge in [-0.05, 0) is 40.9 Å². The fourth-order valence-corrected chi connectivity index (χ4v) is 3.28. The quantitative estimate of drug-likeness (QED) is 0.646. The van der Waals surface area contributed by atoms with Gasteiger partial charge in [-0.1, -0.05) is 0 Å². The first-order valence-corrected chi connectivity index (χ1v) is 8.64. The van der Waals surface area contributed by atoms with E-state index in [9.17, 15) is 4.79 Å². The lowest BCUT2D eigenvalue weighted by Crippen LogP contribution is -2.28. The lowest BCUT2D eigenvalue weighted by Gasteiger charge is -2.18. The molecule has 120 valence electrons. The zero-order valence-electron chi connectivity index (χ0n) is 12.8. The summed E-state index contributed by atoms with van der Waals surface area (Å²) in [6.07, 6.45) is 10.9. The monoisotopic (exact) mass is 328 g/mol. The van der Waals surface area contributed by atoms with Crippen LogP contribution in [0, 0.1) is 0 Å². The summed E-state index contributed by atoms with van der Waals surface area (Å²) in [6, 6.07) is 6.12. The Balaban J connectivity index is 1.50. The highest BCUT2D eigenvalue weighted by atomic mass is 32.1. The largest absolute Gasteiger partial charge is 0.356 e. The highest BCUT2D eigenvalue weighted by Gasteiger charge is 2.17. The summed E-state index contributed by atoms with van der Waals surface area (Å²) >= 11 is 1.66. The molecule has 0 fully saturated rings. The summed E-state index contributed by atoms with van der Waals surface area (Å²) in [5.74, 6) is 0.0838. The van der Waals surface area contributed by atoms with Crippen LogP contribution >= 0.6 is 11.3 Å². The van der Waals surface area contributed by atoms with Crippen LogP contribution in [-0.4, -0.2) is 26.6 Å². The van der Waals surface area contributed by atoms with Gasteiger partial charge in [-0.25, -0.2) is 4.98 Å². The van der Waals surface area contributed by atoms with Gasteiger partial charge in [-0.3, -0.25) is 4.79 Å². The first kappa shape index (κ1) is 15.6. The predicted octanol–water partition coefficient (Wildman–Crippen LogP) is 2.93. The second kappa shape index (κ2) is 7.78. The molecular formula is C17H20N4OS. The standard InChI is InChI=1S/C17H20N4OS/c22-17(19-5-3-7-20-10-6-18-14-20)12-16(15-4-11-23-13-15)21-8-1-2-9-21/h1-2,4,6,8-11,13-14,16H,3,5,7,12H2,(H,19,22)/t16-/m1/s1. The number of aromatic nitrogens is 3. The van der Waals surface area contributed by atoms with E-state index in [1.54, 1.807) is 23.9 Å². The van der Waals surface area contributed by atoms with Gasteiger partial charge >= 0.3 is 0 Å². The molecule has 1 N–H and O–H groups in total. The van der Waals surface area contributed by atoms with Gasteiger partial charge < -0.3 is 14.5 Å². The number of nitrogens with zero attached hydrogens (tertiary/aromatic N) is 3. The van der Waals surface area contributed by atoms with Crippen molar-refractivity contribution in [1.82, 2.24) is 19.4 Å². The number of carbonyl (C=O) groups is 1. The Labute approximate surface area is 139 Å². The normalized spacial score (nSPS) is 12.2. The van der Waals surface area contributed by atoms with Crippen LogP contribution in [-0.2, 0) is 11.3 Å². The number of nitrogens with one attached hydrogen (secondary N) is 1. The third-order valence-corrected chi connectivity index (χ3v) is 4.47. The van der Waals surface area contributed by atoms with Crippen molar-refractivity contribution < 1.29 is 4.79 Å². The van der Waals surface area contributed by atoms with Gasteiger partial charge in [0.05, 0.1) is 18.8 Å². The van der Waals surface area contributed by atoms with E-state index in [0.717, 1.165) is 13.0 Å². The van der Waals surface area contributed by atoms with Gasteiger partial charge in [0, 0.05) is 37.9 Å². The number of hydrogen-bond donors (Lipinski definition) is 1. The van der Waals surface area contributed by atoms with Gasteiger partial charge in [-0.2, -0.15) is 11.3 Å². The number of imidazole rings is 1. The van der Waals surface area contributed by atoms with Crippen molar-refractivity contribution in [3.05, 3.63) is 65.6 Å². The smallest absolute Gasteiger partial charge is 0.222 e. The molecule has 0 aliphatic carbocycles. The van der Waals surface area contributed by atoms with Crippen molar-refractivity contribution in [1.29, 1.82) is 0 Å². The van der Waals surface area contributed by atoms with Gasteiger partial charge in [-0.15, -0.1) is 0 Å². The number of carbonyl (C=O) groups excluding carboxylic acids is 1. The molecule has 3 heterocycles. The van der Waals surface area contributed by atoms with E-state index in [1.165, 1.54) is 5.56 Å². The Kier molecular flexibility index (Phi) is 5.26. The summed E-state index contributed by atoms with van der Waals surface area (Å²) in [5.41, 5.74) is 1.18. The third kappa shape index (κ3) is 4.32. The molecule has 1 atom stereocenters. The molecule has 6 heteroatoms. The highest BCUT2D eigenvalue weighted by molar-refractivity contribution is 7.07. The van der Waals surface area contributed by atoms with E-state index < -0.39 is 0 Å². The van der Waals surface area contributed by atoms with Gasteiger partial charge in [0.15, 0.2) is 0 Å². The minimum Gasteiger partial charge on any atom is -0.356 e. The molecule has 3 rings (SSSR count). The SMILES string of the molecule is O=C(C[C@H](c1ccsc1)n1cccc1)NCCCn1ccnc1. The molecule has 3 aromatic rings. The van der Waals surface area contributed by atoms with E-state index in [1.807, 2.05) is 35.3 Å². The molecule has 1 amide bonds. The van der Waals surface area contributed by atoms with Crippen molar-refractivity contribution in [3.63, 3.8) is 0 Å². The molecule has 0 unspecified atom stereocenters. The van der Waals surface area contributed by atoms with Crippen molar-refractivity contribution in [3.8, 4) is 0 Å². The molecule has 0 aromatic carbocycles. The van der Waals surface area contributed by atoms with Crippen molar-refractivity contribution in [2.45, 2.75) is 25.4 Å². The molecule has 5 nitrogen and oxygen atoms in total. The van der Waals surface area contributed by atoms with E-state index in [0.29, 0.717) is 13.0 Å². The average Bonchev–Trinajstić information content (AvgIpc) is 3.33. The molecule has 23 heavy (non-hydrogen) atoms. The van der Waals surface area contributed by atoms with Crippen LogP contribution < -0.4 is 5.32 Å². The van der Waals surface area contributed by atoms with Gasteiger partial charge in [0.1, 0.15) is 0 Å². The van der Waals surface area contributed by atoms with E-state index in [2.05, 4.69) is 31.7 Å². The number of aryl methyl sites for hydroxylation is 1. The Morgan fingerprint density at radius 3 is 2.87 bits per heavy atom. The van der Waals surface area contributed by atoms with Crippen LogP contribution in [0.25, 0.3) is 0 Å². The lowest BCUT2D eigenvalue weighted by molar-refractivity contribution is -0.121. The first-order chi connectivity index (χ1) is 11.3. The maximum Gasteiger partial charge on any atom is 0.222 e. The molecule has 0 aliphatic rings. The Bertz CT molecular complexity index is 655. The van der Waals surface area contributed by atoms with Crippen LogP contribution in [0.3, 0.4) is 0 Å². The maximum absolute atomic E-state index is 12.3. The molecule has 0 aliphatic heterocycles. The Morgan fingerprint density at radius 2 is 2.17 bits per heavy atom. The lowest BCUT2D eigenvalue weighted by atomic mass is 10.1. The van der Waals surface area contributed by atoms with Gasteiger partial charge in [0.2, 0.25) is 5.91 Å². The highest BCUT2D eigenvalue weighted by Crippen LogP contribution is 2.24. The fourth-order valence-electron chi connectivity index (χ4n) is 2.57. The summed E-state index contributed by atoms with van der Waals surface area (Å²) in [4.78, 5) is 16.3. The van der Waals surface area contributed by atoms with E-state index >= 15 is 0 Å². The summed E-state index contributed by atoms with van der Waals surface area (Å²) in [5, 5.41) is 7.18. The van der Waals surface area contributed by atoms with Crippen molar-refractivity contribution in [2.24, 2.45) is 0 Å². The number of amides is 1. The number of hydrogen-bond acceptors (Lipinski definition) is 3. The molecule has 0 radical (unpaired) electrons. The maximum atomic E-state index is 12.3. The molecule has 0 saturated heterocycles. The van der Waals surface area contributed by atoms with Crippen LogP contribution in [0.4, 0.5) is 0 Å². The topological polar surface area (TPSA) is 51.9 Å². The van der Waals surface area contributed by atoms with Crippen LogP contribution in [0.1, 0.15) is 24.4 Å². The zero-order chi connectivity index (χ0) is 15.9. The summed E-state index contributed by atoms with van der Waals surface area (Å²) < 4.78 is 4.10. The number of thiophene rings is 1. The fraction of sp³-hybridized carbons (Fsp3) is 0.294. The molecule has 0 saturated carbocycles. The van der Waals surface area contributed by atoms with Crippen molar-refractivity contribution in [2.75, 3.05) is 6.54 Å². The minimum absolute atomic E-state index is 0.0601. The minimum atomic E-state index is 0.0601. The first-order valence-electron chi connectivity index (χ1n) is 7.70. The summed E-state index contributed by atoms with van der Waals surface area (Å²) in [7, 11) is 0. The molecular weight excluding hydrogens is 308 g/mol. The summed E-state index contributed by atoms with van der Waals surface area (Å²) in [6.45, 7) is 1.55. The van der Waals surface area contributed by atoms with Crippen LogP contribution in [0.15, 0.2) is 60.1 Å². The second-order valence-corrected chi connectivity index (χ2v) is 6.19. The van der Waals surface area contributed by atoms with Crippen LogP contribution in [0.2, 0.25) is 0 Å². The molecule has 0 spiro atoms. The number of rotatable bonds is 8. The molecule has 0 bridgehead atoms. The Hall–Kier alpha value is -2.34. The Morgan fingerprint density at radius 1 is 1.30 bits per heavy atom. The average molecular weight is 328 g/mol. The second-order valence-electron chi connectivity index (χ2n) is 5.41. The van der Waals surface area contributed by atoms with Crippen molar-refractivity contribution >= 4 is 17.2 Å². The van der Waals surface area contributed by atoms with Gasteiger partial charge in [0.25, 0.3) is 0 Å². The predicted molar refractivity (Wildman–Crippen MR) is 91.4 cm³/mol. The third-order valence-electron chi connectivity index (χ3n) is 3.77. The van der Waals surface area contributed by atoms with E-state index in [-0.39, 0.29) is 11.9 Å². The molecule has 3 aromatic heterocycles. The van der Waals surface area contributed by atoms with E-state index in [4.69, 9.17) is 0 Å².